The molecule has 1 aliphatic carbocycles. The van der Waals surface area contributed by atoms with Gasteiger partial charge in [0.05, 0.1) is 7.11 Å². The van der Waals surface area contributed by atoms with E-state index in [9.17, 15) is 9.59 Å². The number of ether oxygens (including phenoxy) is 1. The van der Waals surface area contributed by atoms with Crippen molar-refractivity contribution in [1.29, 1.82) is 0 Å². The van der Waals surface area contributed by atoms with E-state index in [0.717, 1.165) is 12.8 Å². The van der Waals surface area contributed by atoms with Crippen LogP contribution in [0, 0.1) is 0 Å². The average Bonchev–Trinajstić information content (AvgIpc) is 3.12. The Hall–Kier alpha value is -1.30. The smallest absolute Gasteiger partial charge is 0.318 e. The predicted octanol–water partition coefficient (Wildman–Crippen LogP) is 1.23. The van der Waals surface area contributed by atoms with E-state index in [4.69, 9.17) is 0 Å². The van der Waals surface area contributed by atoms with Crippen LogP contribution in [0.5, 0.6) is 0 Å². The summed E-state index contributed by atoms with van der Waals surface area (Å²) in [5.74, 6) is -0.310. The highest BCUT2D eigenvalue weighted by Gasteiger charge is 2.27. The number of carbonyl (C=O) groups is 1. The van der Waals surface area contributed by atoms with Crippen molar-refractivity contribution in [1.82, 2.24) is 9.55 Å². The molecule has 0 spiro atoms. The van der Waals surface area contributed by atoms with Crippen molar-refractivity contribution in [2.24, 2.45) is 0 Å². The van der Waals surface area contributed by atoms with Gasteiger partial charge in [0.2, 0.25) is 0 Å². The molecule has 1 fully saturated rings. The zero-order valence-corrected chi connectivity index (χ0v) is 10.6. The van der Waals surface area contributed by atoms with Gasteiger partial charge in [-0.1, -0.05) is 11.8 Å². The molecule has 1 saturated carbocycles. The Morgan fingerprint density at radius 2 is 2.35 bits per heavy atom. The number of aromatic nitrogens is 2. The highest BCUT2D eigenvalue weighted by Crippen LogP contribution is 2.37. The lowest BCUT2D eigenvalue weighted by molar-refractivity contribution is -0.139. The molecule has 5 nitrogen and oxygen atoms in total. The van der Waals surface area contributed by atoms with Crippen molar-refractivity contribution in [3.8, 4) is 0 Å². The lowest BCUT2D eigenvalue weighted by atomic mass is 10.5. The first-order chi connectivity index (χ1) is 8.11. The molecular formula is C11H14N2O3S. The molecule has 0 radical (unpaired) electrons. The molecule has 0 amide bonds. The molecule has 2 rings (SSSR count). The Kier molecular flexibility index (Phi) is 3.51. The van der Waals surface area contributed by atoms with Crippen molar-refractivity contribution in [2.75, 3.05) is 7.11 Å². The number of esters is 1. The topological polar surface area (TPSA) is 61.2 Å². The van der Waals surface area contributed by atoms with Crippen LogP contribution in [0.3, 0.4) is 0 Å². The number of rotatable bonds is 4. The molecule has 1 heterocycles. The third-order valence-corrected chi connectivity index (χ3v) is 3.62. The largest absolute Gasteiger partial charge is 0.468 e. The number of carbonyl (C=O) groups excluding carboxylic acids is 1. The van der Waals surface area contributed by atoms with Gasteiger partial charge in [0.1, 0.15) is 5.25 Å². The molecule has 0 aromatic carbocycles. The van der Waals surface area contributed by atoms with Gasteiger partial charge in [0.25, 0.3) is 5.56 Å². The summed E-state index contributed by atoms with van der Waals surface area (Å²) in [6, 6.07) is 1.88. The fourth-order valence-corrected chi connectivity index (χ4v) is 2.47. The van der Waals surface area contributed by atoms with Gasteiger partial charge in [-0.3, -0.25) is 9.59 Å². The van der Waals surface area contributed by atoms with Crippen LogP contribution in [-0.4, -0.2) is 27.9 Å². The van der Waals surface area contributed by atoms with Crippen molar-refractivity contribution in [3.05, 3.63) is 22.6 Å². The van der Waals surface area contributed by atoms with E-state index in [-0.39, 0.29) is 16.8 Å². The molecular weight excluding hydrogens is 240 g/mol. The molecule has 6 heteroatoms. The molecule has 0 bridgehead atoms. The van der Waals surface area contributed by atoms with Crippen molar-refractivity contribution in [2.45, 2.75) is 36.2 Å². The summed E-state index contributed by atoms with van der Waals surface area (Å²) in [5, 5.41) is 0.234. The second-order valence-electron chi connectivity index (χ2n) is 3.97. The normalized spacial score (nSPS) is 16.6. The van der Waals surface area contributed by atoms with E-state index < -0.39 is 0 Å². The van der Waals surface area contributed by atoms with Gasteiger partial charge in [-0.25, -0.2) is 0 Å². The highest BCUT2D eigenvalue weighted by molar-refractivity contribution is 8.00. The Bertz CT molecular complexity index is 482. The summed E-state index contributed by atoms with van der Waals surface area (Å²) in [7, 11) is 1.35. The molecule has 1 aliphatic rings. The van der Waals surface area contributed by atoms with Crippen molar-refractivity contribution >= 4 is 17.7 Å². The van der Waals surface area contributed by atoms with Gasteiger partial charge < -0.3 is 9.30 Å². The zero-order valence-electron chi connectivity index (χ0n) is 9.75. The van der Waals surface area contributed by atoms with Crippen LogP contribution in [0.1, 0.15) is 25.8 Å². The maximum absolute atomic E-state index is 11.3. The van der Waals surface area contributed by atoms with Gasteiger partial charge in [-0.2, -0.15) is 4.98 Å². The Labute approximate surface area is 103 Å². The predicted molar refractivity (Wildman–Crippen MR) is 64.1 cm³/mol. The fourth-order valence-electron chi connectivity index (χ4n) is 1.49. The number of hydrogen-bond acceptors (Lipinski definition) is 5. The van der Waals surface area contributed by atoms with Crippen molar-refractivity contribution < 1.29 is 9.53 Å². The fraction of sp³-hybridized carbons (Fsp3) is 0.545. The average molecular weight is 254 g/mol. The van der Waals surface area contributed by atoms with E-state index in [0.29, 0.717) is 11.2 Å². The van der Waals surface area contributed by atoms with Gasteiger partial charge in [-0.05, 0) is 19.8 Å². The minimum Gasteiger partial charge on any atom is -0.468 e. The second-order valence-corrected chi connectivity index (χ2v) is 5.28. The Balaban J connectivity index is 2.21. The summed E-state index contributed by atoms with van der Waals surface area (Å²) in [6.07, 6.45) is 3.95. The van der Waals surface area contributed by atoms with Crippen LogP contribution in [0.15, 0.2) is 22.2 Å². The Morgan fingerprint density at radius 1 is 1.65 bits per heavy atom. The lowest BCUT2D eigenvalue weighted by Gasteiger charge is -2.13. The van der Waals surface area contributed by atoms with E-state index in [2.05, 4.69) is 9.72 Å². The molecule has 0 aliphatic heterocycles. The van der Waals surface area contributed by atoms with Gasteiger partial charge in [-0.15, -0.1) is 0 Å². The van der Waals surface area contributed by atoms with E-state index in [1.807, 2.05) is 4.57 Å². The van der Waals surface area contributed by atoms with Crippen LogP contribution in [-0.2, 0) is 9.53 Å². The molecule has 92 valence electrons. The molecule has 17 heavy (non-hydrogen) atoms. The first-order valence-corrected chi connectivity index (χ1v) is 6.33. The minimum absolute atomic E-state index is 0.276. The molecule has 1 aromatic rings. The van der Waals surface area contributed by atoms with E-state index in [1.54, 1.807) is 13.1 Å². The number of hydrogen-bond donors (Lipinski definition) is 0. The number of thioether (sulfide) groups is 1. The van der Waals surface area contributed by atoms with E-state index >= 15 is 0 Å². The van der Waals surface area contributed by atoms with Gasteiger partial charge >= 0.3 is 5.97 Å². The van der Waals surface area contributed by atoms with Gasteiger partial charge in [0.15, 0.2) is 5.16 Å². The summed E-state index contributed by atoms with van der Waals surface area (Å²) < 4.78 is 6.62. The molecule has 0 N–H and O–H groups in total. The summed E-state index contributed by atoms with van der Waals surface area (Å²) >= 11 is 1.26. The van der Waals surface area contributed by atoms with Gasteiger partial charge in [0, 0.05) is 18.3 Å². The monoisotopic (exact) mass is 254 g/mol. The summed E-state index contributed by atoms with van der Waals surface area (Å²) in [6.45, 7) is 1.74. The van der Waals surface area contributed by atoms with Crippen LogP contribution in [0.4, 0.5) is 0 Å². The first kappa shape index (κ1) is 12.2. The second kappa shape index (κ2) is 4.91. The highest BCUT2D eigenvalue weighted by atomic mass is 32.2. The first-order valence-electron chi connectivity index (χ1n) is 5.45. The third-order valence-electron chi connectivity index (χ3n) is 2.56. The molecule has 1 atom stereocenters. The maximum atomic E-state index is 11.3. The van der Waals surface area contributed by atoms with Crippen LogP contribution in [0.2, 0.25) is 0 Å². The molecule has 0 saturated heterocycles. The standard InChI is InChI=1S/C11H14N2O3S/c1-7(10(15)16-2)17-11-12-9(14)5-6-13(11)8-3-4-8/h5-8H,3-4H2,1-2H3/t7-/m0/s1. The minimum atomic E-state index is -0.362. The number of methoxy groups -OCH3 is 1. The van der Waals surface area contributed by atoms with Crippen LogP contribution in [0.25, 0.3) is 0 Å². The third kappa shape index (κ3) is 2.88. The number of nitrogens with zero attached hydrogens (tertiary/aromatic N) is 2. The molecule has 0 unspecified atom stereocenters. The van der Waals surface area contributed by atoms with Crippen molar-refractivity contribution in [3.63, 3.8) is 0 Å². The SMILES string of the molecule is COC(=O)[C@H](C)Sc1nc(=O)ccn1C1CC1. The van der Waals surface area contributed by atoms with Crippen LogP contribution >= 0.6 is 11.8 Å². The lowest BCUT2D eigenvalue weighted by Crippen LogP contribution is -2.19. The maximum Gasteiger partial charge on any atom is 0.318 e. The Morgan fingerprint density at radius 3 is 2.94 bits per heavy atom. The zero-order chi connectivity index (χ0) is 12.4. The van der Waals surface area contributed by atoms with E-state index in [1.165, 1.54) is 24.9 Å². The molecule has 1 aromatic heterocycles. The van der Waals surface area contributed by atoms with Crippen LogP contribution < -0.4 is 5.56 Å². The summed E-state index contributed by atoms with van der Waals surface area (Å²) in [5.41, 5.74) is -0.276. The summed E-state index contributed by atoms with van der Waals surface area (Å²) in [4.78, 5) is 26.5. The quantitative estimate of drug-likeness (QED) is 0.459.